The summed E-state index contributed by atoms with van der Waals surface area (Å²) in [5.74, 6) is 0.489. The van der Waals surface area contributed by atoms with Crippen LogP contribution in [0.3, 0.4) is 0 Å². The van der Waals surface area contributed by atoms with Crippen LogP contribution in [0.4, 0.5) is 13.2 Å². The lowest BCUT2D eigenvalue weighted by Crippen LogP contribution is -2.09. The molecule has 1 aromatic heterocycles. The summed E-state index contributed by atoms with van der Waals surface area (Å²) in [6.45, 7) is 0.449. The van der Waals surface area contributed by atoms with Crippen LogP contribution in [0.5, 0.6) is 5.75 Å². The number of hydrogen-bond acceptors (Lipinski definition) is 5. The molecule has 1 atom stereocenters. The molecular formula is C23H20F3NO3S. The van der Waals surface area contributed by atoms with Gasteiger partial charge in [0.15, 0.2) is 0 Å². The number of rotatable bonds is 6. The van der Waals surface area contributed by atoms with Crippen LogP contribution in [0, 0.1) is 0 Å². The van der Waals surface area contributed by atoms with E-state index in [1.54, 1.807) is 0 Å². The van der Waals surface area contributed by atoms with Crippen molar-refractivity contribution in [2.75, 3.05) is 13.7 Å². The van der Waals surface area contributed by atoms with Gasteiger partial charge in [-0.05, 0) is 42.7 Å². The number of fused-ring (bicyclic) bond motifs is 1. The van der Waals surface area contributed by atoms with Crippen LogP contribution < -0.4 is 4.74 Å². The third-order valence-electron chi connectivity index (χ3n) is 5.22. The molecule has 3 aromatic rings. The maximum atomic E-state index is 12.8. The van der Waals surface area contributed by atoms with Crippen molar-refractivity contribution in [3.8, 4) is 16.3 Å². The summed E-state index contributed by atoms with van der Waals surface area (Å²) in [7, 11) is 1.35. The molecule has 0 aliphatic heterocycles. The third-order valence-corrected chi connectivity index (χ3v) is 6.40. The van der Waals surface area contributed by atoms with Crippen molar-refractivity contribution in [2.24, 2.45) is 0 Å². The quantitative estimate of drug-likeness (QED) is 0.458. The monoisotopic (exact) mass is 447 g/mol. The number of benzene rings is 2. The van der Waals surface area contributed by atoms with Crippen molar-refractivity contribution < 1.29 is 27.4 Å². The molecule has 162 valence electrons. The Hall–Kier alpha value is -2.87. The van der Waals surface area contributed by atoms with Crippen LogP contribution in [0.2, 0.25) is 0 Å². The number of ether oxygens (including phenoxy) is 2. The van der Waals surface area contributed by atoms with Crippen LogP contribution >= 0.6 is 11.3 Å². The van der Waals surface area contributed by atoms with E-state index in [-0.39, 0.29) is 18.3 Å². The van der Waals surface area contributed by atoms with E-state index in [1.165, 1.54) is 30.6 Å². The van der Waals surface area contributed by atoms with Crippen molar-refractivity contribution in [3.63, 3.8) is 0 Å². The number of carbonyl (C=O) groups is 1. The molecule has 31 heavy (non-hydrogen) atoms. The van der Waals surface area contributed by atoms with Gasteiger partial charge in [-0.2, -0.15) is 13.2 Å². The van der Waals surface area contributed by atoms with Crippen LogP contribution in [0.15, 0.2) is 48.5 Å². The molecule has 0 radical (unpaired) electrons. The summed E-state index contributed by atoms with van der Waals surface area (Å²) in [4.78, 5) is 17.3. The molecule has 0 saturated carbocycles. The van der Waals surface area contributed by atoms with Crippen LogP contribution in [0.1, 0.15) is 34.0 Å². The number of thiazole rings is 1. The lowest BCUT2D eigenvalue weighted by Gasteiger charge is -2.12. The molecule has 0 spiro atoms. The number of esters is 1. The van der Waals surface area contributed by atoms with Gasteiger partial charge >= 0.3 is 12.1 Å². The number of halogens is 3. The molecule has 0 amide bonds. The molecule has 8 heteroatoms. The summed E-state index contributed by atoms with van der Waals surface area (Å²) in [5.41, 5.74) is 1.80. The fourth-order valence-electron chi connectivity index (χ4n) is 3.57. The average molecular weight is 447 g/mol. The Balaban J connectivity index is 1.43. The zero-order valence-corrected chi connectivity index (χ0v) is 17.6. The molecule has 4 rings (SSSR count). The smallest absolute Gasteiger partial charge is 0.416 e. The predicted molar refractivity (Wildman–Crippen MR) is 111 cm³/mol. The summed E-state index contributed by atoms with van der Waals surface area (Å²) >= 11 is 1.53. The number of alkyl halides is 3. The first kappa shape index (κ1) is 21.4. The minimum Gasteiger partial charge on any atom is -0.493 e. The summed E-state index contributed by atoms with van der Waals surface area (Å²) in [6.07, 6.45) is -2.36. The molecular weight excluding hydrogens is 427 g/mol. The van der Waals surface area contributed by atoms with Gasteiger partial charge in [-0.25, -0.2) is 4.98 Å². The Labute approximate surface area is 181 Å². The van der Waals surface area contributed by atoms with Gasteiger partial charge in [0.1, 0.15) is 10.8 Å². The zero-order valence-electron chi connectivity index (χ0n) is 16.7. The van der Waals surface area contributed by atoms with Crippen molar-refractivity contribution in [2.45, 2.75) is 31.4 Å². The molecule has 2 aromatic carbocycles. The van der Waals surface area contributed by atoms with E-state index in [9.17, 15) is 18.0 Å². The summed E-state index contributed by atoms with van der Waals surface area (Å²) in [5, 5.41) is 0.725. The highest BCUT2D eigenvalue weighted by atomic mass is 32.1. The van der Waals surface area contributed by atoms with E-state index in [1.807, 2.05) is 24.3 Å². The Morgan fingerprint density at radius 1 is 1.19 bits per heavy atom. The van der Waals surface area contributed by atoms with E-state index in [4.69, 9.17) is 14.5 Å². The number of aromatic nitrogens is 1. The predicted octanol–water partition coefficient (Wildman–Crippen LogP) is 5.65. The SMILES string of the molecule is COC(=O)Cc1cccc(OCC2CCc3sc(-c4ccc(C(F)(F)F)cc4)nc32)c1. The standard InChI is InChI=1S/C23H20F3NO3S/c1-29-20(28)12-14-3-2-4-18(11-14)30-13-16-7-10-19-21(16)27-22(31-19)15-5-8-17(9-6-15)23(24,25)26/h2-6,8-9,11,16H,7,10,12-13H2,1H3. The third kappa shape index (κ3) is 4.90. The first-order chi connectivity index (χ1) is 14.8. The number of methoxy groups -OCH3 is 1. The normalized spacial score (nSPS) is 15.5. The summed E-state index contributed by atoms with van der Waals surface area (Å²) < 4.78 is 49.0. The molecule has 0 fully saturated rings. The molecule has 0 bridgehead atoms. The molecule has 1 aliphatic carbocycles. The van der Waals surface area contributed by atoms with Crippen LogP contribution in [-0.4, -0.2) is 24.7 Å². The number of aryl methyl sites for hydroxylation is 1. The van der Waals surface area contributed by atoms with Gasteiger partial charge in [-0.1, -0.05) is 24.3 Å². The Kier molecular flexibility index (Phi) is 6.00. The highest BCUT2D eigenvalue weighted by Crippen LogP contribution is 2.40. The molecule has 0 N–H and O–H groups in total. The fraction of sp³-hybridized carbons (Fsp3) is 0.304. The van der Waals surface area contributed by atoms with Crippen molar-refractivity contribution >= 4 is 17.3 Å². The topological polar surface area (TPSA) is 48.4 Å². The van der Waals surface area contributed by atoms with Gasteiger partial charge in [0.05, 0.1) is 31.4 Å². The van der Waals surface area contributed by atoms with E-state index in [2.05, 4.69) is 0 Å². The first-order valence-electron chi connectivity index (χ1n) is 9.79. The average Bonchev–Trinajstić information content (AvgIpc) is 3.33. The van der Waals surface area contributed by atoms with Gasteiger partial charge in [-0.15, -0.1) is 11.3 Å². The van der Waals surface area contributed by atoms with Gasteiger partial charge in [-0.3, -0.25) is 4.79 Å². The van der Waals surface area contributed by atoms with Crippen LogP contribution in [0.25, 0.3) is 10.6 Å². The lowest BCUT2D eigenvalue weighted by molar-refractivity contribution is -0.140. The largest absolute Gasteiger partial charge is 0.493 e. The molecule has 1 aliphatic rings. The van der Waals surface area contributed by atoms with E-state index < -0.39 is 11.7 Å². The maximum absolute atomic E-state index is 12.8. The molecule has 0 saturated heterocycles. The number of carbonyl (C=O) groups excluding carboxylic acids is 1. The van der Waals surface area contributed by atoms with Gasteiger partial charge in [0.2, 0.25) is 0 Å². The highest BCUT2D eigenvalue weighted by molar-refractivity contribution is 7.15. The molecule has 1 heterocycles. The highest BCUT2D eigenvalue weighted by Gasteiger charge is 2.31. The lowest BCUT2D eigenvalue weighted by atomic mass is 10.1. The second-order valence-electron chi connectivity index (χ2n) is 7.35. The number of nitrogens with zero attached hydrogens (tertiary/aromatic N) is 1. The van der Waals surface area contributed by atoms with Gasteiger partial charge in [0.25, 0.3) is 0 Å². The van der Waals surface area contributed by atoms with Crippen molar-refractivity contribution in [1.82, 2.24) is 4.98 Å². The van der Waals surface area contributed by atoms with E-state index >= 15 is 0 Å². The maximum Gasteiger partial charge on any atom is 0.416 e. The first-order valence-corrected chi connectivity index (χ1v) is 10.6. The second-order valence-corrected chi connectivity index (χ2v) is 8.43. The Bertz CT molecular complexity index is 1080. The minimum atomic E-state index is -4.35. The Morgan fingerprint density at radius 2 is 1.97 bits per heavy atom. The van der Waals surface area contributed by atoms with Crippen molar-refractivity contribution in [3.05, 3.63) is 70.2 Å². The van der Waals surface area contributed by atoms with E-state index in [0.29, 0.717) is 17.9 Å². The van der Waals surface area contributed by atoms with Crippen molar-refractivity contribution in [1.29, 1.82) is 0 Å². The fourth-order valence-corrected chi connectivity index (χ4v) is 4.74. The van der Waals surface area contributed by atoms with E-state index in [0.717, 1.165) is 46.1 Å². The number of hydrogen-bond donors (Lipinski definition) is 0. The molecule has 1 unspecified atom stereocenters. The van der Waals surface area contributed by atoms with Crippen LogP contribution in [-0.2, 0) is 28.5 Å². The minimum absolute atomic E-state index is 0.124. The second kappa shape index (κ2) is 8.70. The van der Waals surface area contributed by atoms with Gasteiger partial charge in [0, 0.05) is 16.4 Å². The van der Waals surface area contributed by atoms with Gasteiger partial charge < -0.3 is 9.47 Å². The summed E-state index contributed by atoms with van der Waals surface area (Å²) in [6, 6.07) is 12.4. The Morgan fingerprint density at radius 3 is 2.68 bits per heavy atom. The molecule has 4 nitrogen and oxygen atoms in total. The zero-order chi connectivity index (χ0) is 22.0.